The Morgan fingerprint density at radius 2 is 2.14 bits per heavy atom. The lowest BCUT2D eigenvalue weighted by Gasteiger charge is -2.14. The zero-order chi connectivity index (χ0) is 10.6. The molecule has 1 unspecified atom stereocenters. The van der Waals surface area contributed by atoms with E-state index in [0.717, 1.165) is 25.2 Å². The van der Waals surface area contributed by atoms with Crippen LogP contribution in [-0.4, -0.2) is 21.3 Å². The average Bonchev–Trinajstić information content (AvgIpc) is 2.62. The molecule has 0 fully saturated rings. The van der Waals surface area contributed by atoms with Crippen LogP contribution in [0, 0.1) is 0 Å². The molecule has 0 aliphatic carbocycles. The fraction of sp³-hybridized carbons (Fsp3) is 0.800. The van der Waals surface area contributed by atoms with Crippen molar-refractivity contribution in [1.29, 1.82) is 0 Å². The Kier molecular flexibility index (Phi) is 4.07. The molecule has 0 aliphatic rings. The molecule has 1 heterocycles. The number of nitrogens with zero attached hydrogens (tertiary/aromatic N) is 3. The predicted molar refractivity (Wildman–Crippen MR) is 57.1 cm³/mol. The van der Waals surface area contributed by atoms with Crippen molar-refractivity contribution < 1.29 is 0 Å². The highest BCUT2D eigenvalue weighted by Gasteiger charge is 2.13. The second-order valence-electron chi connectivity index (χ2n) is 4.02. The topological polar surface area (TPSA) is 56.7 Å². The lowest BCUT2D eigenvalue weighted by atomic mass is 10.0. The van der Waals surface area contributed by atoms with E-state index in [1.807, 2.05) is 0 Å². The van der Waals surface area contributed by atoms with Gasteiger partial charge in [-0.1, -0.05) is 6.92 Å². The van der Waals surface area contributed by atoms with E-state index in [-0.39, 0.29) is 0 Å². The molecule has 0 aliphatic heterocycles. The SMILES string of the molecule is CC(CCCN)c1nncn1C(C)C. The molecule has 0 saturated heterocycles. The van der Waals surface area contributed by atoms with Crippen molar-refractivity contribution in [3.8, 4) is 0 Å². The Hall–Kier alpha value is -0.900. The van der Waals surface area contributed by atoms with E-state index in [9.17, 15) is 0 Å². The molecule has 0 spiro atoms. The summed E-state index contributed by atoms with van der Waals surface area (Å²) < 4.78 is 2.13. The van der Waals surface area contributed by atoms with Crippen molar-refractivity contribution in [3.05, 3.63) is 12.2 Å². The zero-order valence-corrected chi connectivity index (χ0v) is 9.27. The molecule has 80 valence electrons. The van der Waals surface area contributed by atoms with Gasteiger partial charge < -0.3 is 10.3 Å². The third-order valence-corrected chi connectivity index (χ3v) is 2.44. The van der Waals surface area contributed by atoms with Gasteiger partial charge in [0.15, 0.2) is 0 Å². The van der Waals surface area contributed by atoms with Gasteiger partial charge in [-0.15, -0.1) is 10.2 Å². The van der Waals surface area contributed by atoms with Crippen LogP contribution in [0.15, 0.2) is 6.33 Å². The summed E-state index contributed by atoms with van der Waals surface area (Å²) in [6.45, 7) is 7.21. The molecule has 0 saturated carbocycles. The second-order valence-corrected chi connectivity index (χ2v) is 4.02. The fourth-order valence-corrected chi connectivity index (χ4v) is 1.56. The Bertz CT molecular complexity index is 267. The Morgan fingerprint density at radius 1 is 1.43 bits per heavy atom. The van der Waals surface area contributed by atoms with Crippen molar-refractivity contribution >= 4 is 0 Å². The van der Waals surface area contributed by atoms with Gasteiger partial charge in [0, 0.05) is 12.0 Å². The molecule has 2 N–H and O–H groups in total. The van der Waals surface area contributed by atoms with Crippen LogP contribution in [0.5, 0.6) is 0 Å². The van der Waals surface area contributed by atoms with E-state index in [4.69, 9.17) is 5.73 Å². The van der Waals surface area contributed by atoms with Crippen LogP contribution in [0.25, 0.3) is 0 Å². The van der Waals surface area contributed by atoms with Crippen LogP contribution < -0.4 is 5.73 Å². The summed E-state index contributed by atoms with van der Waals surface area (Å²) in [6.07, 6.45) is 3.94. The molecule has 1 aromatic heterocycles. The van der Waals surface area contributed by atoms with Gasteiger partial charge in [0.1, 0.15) is 12.2 Å². The summed E-state index contributed by atoms with van der Waals surface area (Å²) in [5.41, 5.74) is 5.49. The summed E-state index contributed by atoms with van der Waals surface area (Å²) >= 11 is 0. The summed E-state index contributed by atoms with van der Waals surface area (Å²) in [4.78, 5) is 0. The van der Waals surface area contributed by atoms with Gasteiger partial charge >= 0.3 is 0 Å². The van der Waals surface area contributed by atoms with Crippen LogP contribution in [0.3, 0.4) is 0 Å². The number of nitrogens with two attached hydrogens (primary N) is 1. The number of rotatable bonds is 5. The van der Waals surface area contributed by atoms with Gasteiger partial charge in [-0.25, -0.2) is 0 Å². The van der Waals surface area contributed by atoms with Gasteiger partial charge in [-0.2, -0.15) is 0 Å². The molecule has 4 nitrogen and oxygen atoms in total. The molecule has 1 atom stereocenters. The first kappa shape index (κ1) is 11.2. The first-order chi connectivity index (χ1) is 6.66. The van der Waals surface area contributed by atoms with Gasteiger partial charge in [0.2, 0.25) is 0 Å². The van der Waals surface area contributed by atoms with E-state index in [0.29, 0.717) is 12.0 Å². The zero-order valence-electron chi connectivity index (χ0n) is 9.27. The molecule has 1 aromatic rings. The highest BCUT2D eigenvalue weighted by atomic mass is 15.3. The third-order valence-electron chi connectivity index (χ3n) is 2.44. The summed E-state index contributed by atoms with van der Waals surface area (Å²) in [7, 11) is 0. The summed E-state index contributed by atoms with van der Waals surface area (Å²) in [6, 6.07) is 0.431. The number of hydrogen-bond acceptors (Lipinski definition) is 3. The lowest BCUT2D eigenvalue weighted by molar-refractivity contribution is 0.516. The van der Waals surface area contributed by atoms with Crippen LogP contribution in [-0.2, 0) is 0 Å². The molecular formula is C10H20N4. The molecule has 0 bridgehead atoms. The van der Waals surface area contributed by atoms with E-state index in [1.165, 1.54) is 0 Å². The van der Waals surface area contributed by atoms with E-state index in [2.05, 4.69) is 35.5 Å². The van der Waals surface area contributed by atoms with Crippen LogP contribution >= 0.6 is 0 Å². The first-order valence-electron chi connectivity index (χ1n) is 5.26. The molecule has 0 aromatic carbocycles. The van der Waals surface area contributed by atoms with E-state index >= 15 is 0 Å². The molecule has 0 amide bonds. The highest BCUT2D eigenvalue weighted by Crippen LogP contribution is 2.20. The van der Waals surface area contributed by atoms with Crippen molar-refractivity contribution in [2.45, 2.75) is 45.6 Å². The normalized spacial score (nSPS) is 13.5. The van der Waals surface area contributed by atoms with E-state index < -0.39 is 0 Å². The minimum absolute atomic E-state index is 0.431. The maximum atomic E-state index is 5.49. The largest absolute Gasteiger partial charge is 0.330 e. The first-order valence-corrected chi connectivity index (χ1v) is 5.26. The number of aromatic nitrogens is 3. The monoisotopic (exact) mass is 196 g/mol. The Labute approximate surface area is 85.5 Å². The quantitative estimate of drug-likeness (QED) is 0.779. The fourth-order valence-electron chi connectivity index (χ4n) is 1.56. The standard InChI is InChI=1S/C10H20N4/c1-8(2)14-7-12-13-10(14)9(3)5-4-6-11/h7-9H,4-6,11H2,1-3H3. The van der Waals surface area contributed by atoms with Gasteiger partial charge in [-0.05, 0) is 33.2 Å². The number of hydrogen-bond donors (Lipinski definition) is 1. The Morgan fingerprint density at radius 3 is 2.71 bits per heavy atom. The minimum atomic E-state index is 0.431. The third kappa shape index (κ3) is 2.54. The van der Waals surface area contributed by atoms with Crippen molar-refractivity contribution in [3.63, 3.8) is 0 Å². The van der Waals surface area contributed by atoms with Crippen molar-refractivity contribution in [2.24, 2.45) is 5.73 Å². The second kappa shape index (κ2) is 5.10. The average molecular weight is 196 g/mol. The minimum Gasteiger partial charge on any atom is -0.330 e. The molecule has 1 rings (SSSR count). The molecule has 0 radical (unpaired) electrons. The van der Waals surface area contributed by atoms with Gasteiger partial charge in [-0.3, -0.25) is 0 Å². The van der Waals surface area contributed by atoms with Crippen LogP contribution in [0.4, 0.5) is 0 Å². The molecular weight excluding hydrogens is 176 g/mol. The van der Waals surface area contributed by atoms with Gasteiger partial charge in [0.25, 0.3) is 0 Å². The maximum Gasteiger partial charge on any atom is 0.135 e. The van der Waals surface area contributed by atoms with Crippen LogP contribution in [0.2, 0.25) is 0 Å². The molecule has 4 heteroatoms. The molecule has 14 heavy (non-hydrogen) atoms. The van der Waals surface area contributed by atoms with Crippen molar-refractivity contribution in [2.75, 3.05) is 6.54 Å². The van der Waals surface area contributed by atoms with Crippen molar-refractivity contribution in [1.82, 2.24) is 14.8 Å². The van der Waals surface area contributed by atoms with Crippen LogP contribution in [0.1, 0.15) is 51.4 Å². The maximum absolute atomic E-state index is 5.49. The lowest BCUT2D eigenvalue weighted by Crippen LogP contribution is -2.10. The summed E-state index contributed by atoms with van der Waals surface area (Å²) in [5.74, 6) is 1.52. The smallest absolute Gasteiger partial charge is 0.135 e. The van der Waals surface area contributed by atoms with Gasteiger partial charge in [0.05, 0.1) is 0 Å². The highest BCUT2D eigenvalue weighted by molar-refractivity contribution is 4.95. The van der Waals surface area contributed by atoms with E-state index in [1.54, 1.807) is 6.33 Å². The Balaban J connectivity index is 2.68. The summed E-state index contributed by atoms with van der Waals surface area (Å²) in [5, 5.41) is 8.12. The predicted octanol–water partition coefficient (Wildman–Crippen LogP) is 1.70.